The first-order chi connectivity index (χ1) is 9.47. The van der Waals surface area contributed by atoms with E-state index in [1.54, 1.807) is 12.1 Å². The maximum atomic E-state index is 12.9. The molecule has 6 heteroatoms. The standard InChI is InChI=1S/C14H14Cl2FN3/c1-20(2)8-7-11-18-13(15)12(14(16)19-11)9-3-5-10(17)6-4-9/h3-6H,7-8H2,1-2H3. The molecule has 0 aliphatic heterocycles. The van der Waals surface area contributed by atoms with Crippen LogP contribution in [-0.4, -0.2) is 35.5 Å². The van der Waals surface area contributed by atoms with Gasteiger partial charge in [0.25, 0.3) is 0 Å². The van der Waals surface area contributed by atoms with Gasteiger partial charge in [-0.25, -0.2) is 14.4 Å². The first kappa shape index (κ1) is 15.2. The Bertz CT molecular complexity index is 577. The van der Waals surface area contributed by atoms with Crippen molar-refractivity contribution < 1.29 is 4.39 Å². The molecule has 1 aromatic heterocycles. The zero-order chi connectivity index (χ0) is 14.7. The zero-order valence-electron chi connectivity index (χ0n) is 11.2. The van der Waals surface area contributed by atoms with Crippen molar-refractivity contribution in [3.05, 3.63) is 46.2 Å². The molecule has 106 valence electrons. The first-order valence-corrected chi connectivity index (χ1v) is 6.85. The van der Waals surface area contributed by atoms with Crippen LogP contribution in [0.4, 0.5) is 4.39 Å². The Labute approximate surface area is 127 Å². The quantitative estimate of drug-likeness (QED) is 0.806. The van der Waals surface area contributed by atoms with Gasteiger partial charge in [-0.2, -0.15) is 0 Å². The topological polar surface area (TPSA) is 29.0 Å². The highest BCUT2D eigenvalue weighted by atomic mass is 35.5. The van der Waals surface area contributed by atoms with Gasteiger partial charge in [-0.1, -0.05) is 35.3 Å². The Morgan fingerprint density at radius 3 is 2.10 bits per heavy atom. The monoisotopic (exact) mass is 313 g/mol. The Hall–Kier alpha value is -1.23. The molecule has 0 aliphatic carbocycles. The summed E-state index contributed by atoms with van der Waals surface area (Å²) >= 11 is 12.4. The van der Waals surface area contributed by atoms with Crippen LogP contribution in [0, 0.1) is 5.82 Å². The van der Waals surface area contributed by atoms with E-state index in [1.165, 1.54) is 12.1 Å². The average Bonchev–Trinajstić information content (AvgIpc) is 2.38. The van der Waals surface area contributed by atoms with E-state index in [9.17, 15) is 4.39 Å². The summed E-state index contributed by atoms with van der Waals surface area (Å²) in [4.78, 5) is 10.5. The van der Waals surface area contributed by atoms with Crippen LogP contribution in [0.15, 0.2) is 24.3 Å². The van der Waals surface area contributed by atoms with Crippen molar-refractivity contribution in [1.29, 1.82) is 0 Å². The molecule has 3 nitrogen and oxygen atoms in total. The van der Waals surface area contributed by atoms with E-state index in [0.29, 0.717) is 23.4 Å². The van der Waals surface area contributed by atoms with Gasteiger partial charge in [0.2, 0.25) is 0 Å². The number of nitrogens with zero attached hydrogens (tertiary/aromatic N) is 3. The smallest absolute Gasteiger partial charge is 0.142 e. The van der Waals surface area contributed by atoms with Crippen LogP contribution in [0.25, 0.3) is 11.1 Å². The molecule has 2 aromatic rings. The molecule has 0 saturated carbocycles. The second-order valence-electron chi connectivity index (χ2n) is 4.66. The second kappa shape index (κ2) is 6.48. The van der Waals surface area contributed by atoms with E-state index in [-0.39, 0.29) is 16.1 Å². The SMILES string of the molecule is CN(C)CCc1nc(Cl)c(-c2ccc(F)cc2)c(Cl)n1. The van der Waals surface area contributed by atoms with Gasteiger partial charge in [0.1, 0.15) is 21.9 Å². The Morgan fingerprint density at radius 2 is 1.60 bits per heavy atom. The lowest BCUT2D eigenvalue weighted by atomic mass is 10.1. The van der Waals surface area contributed by atoms with E-state index >= 15 is 0 Å². The second-order valence-corrected chi connectivity index (χ2v) is 5.37. The van der Waals surface area contributed by atoms with Gasteiger partial charge in [-0.3, -0.25) is 0 Å². The summed E-state index contributed by atoms with van der Waals surface area (Å²) < 4.78 is 12.9. The van der Waals surface area contributed by atoms with Gasteiger partial charge < -0.3 is 4.90 Å². The molecule has 0 radical (unpaired) electrons. The van der Waals surface area contributed by atoms with Crippen molar-refractivity contribution in [2.45, 2.75) is 6.42 Å². The molecule has 0 aliphatic rings. The van der Waals surface area contributed by atoms with E-state index < -0.39 is 0 Å². The minimum atomic E-state index is -0.315. The van der Waals surface area contributed by atoms with Crippen molar-refractivity contribution in [2.75, 3.05) is 20.6 Å². The Morgan fingerprint density at radius 1 is 1.05 bits per heavy atom. The highest BCUT2D eigenvalue weighted by Gasteiger charge is 2.13. The first-order valence-electron chi connectivity index (χ1n) is 6.10. The number of hydrogen-bond donors (Lipinski definition) is 0. The largest absolute Gasteiger partial charge is 0.309 e. The molecule has 0 N–H and O–H groups in total. The zero-order valence-corrected chi connectivity index (χ0v) is 12.7. The van der Waals surface area contributed by atoms with Gasteiger partial charge >= 0.3 is 0 Å². The van der Waals surface area contributed by atoms with Crippen molar-refractivity contribution in [3.63, 3.8) is 0 Å². The lowest BCUT2D eigenvalue weighted by molar-refractivity contribution is 0.409. The number of halogens is 3. The fraction of sp³-hybridized carbons (Fsp3) is 0.286. The lowest BCUT2D eigenvalue weighted by Gasteiger charge is -2.11. The number of benzene rings is 1. The van der Waals surface area contributed by atoms with E-state index in [1.807, 2.05) is 19.0 Å². The van der Waals surface area contributed by atoms with Crippen molar-refractivity contribution >= 4 is 23.2 Å². The number of likely N-dealkylation sites (N-methyl/N-ethyl adjacent to an activating group) is 1. The van der Waals surface area contributed by atoms with Crippen LogP contribution in [0.1, 0.15) is 5.82 Å². The predicted octanol–water partition coefficient (Wildman–Crippen LogP) is 3.69. The van der Waals surface area contributed by atoms with Crippen LogP contribution < -0.4 is 0 Å². The van der Waals surface area contributed by atoms with E-state index in [0.717, 1.165) is 6.54 Å². The van der Waals surface area contributed by atoms with E-state index in [4.69, 9.17) is 23.2 Å². The summed E-state index contributed by atoms with van der Waals surface area (Å²) in [5.41, 5.74) is 1.22. The third-order valence-corrected chi connectivity index (χ3v) is 3.33. The minimum Gasteiger partial charge on any atom is -0.309 e. The van der Waals surface area contributed by atoms with Crippen LogP contribution in [0.2, 0.25) is 10.3 Å². The van der Waals surface area contributed by atoms with Gasteiger partial charge in [-0.05, 0) is 31.8 Å². The maximum Gasteiger partial charge on any atom is 0.142 e. The normalized spacial score (nSPS) is 11.1. The molecular formula is C14H14Cl2FN3. The summed E-state index contributed by atoms with van der Waals surface area (Å²) in [5, 5.41) is 0.565. The van der Waals surface area contributed by atoms with Gasteiger partial charge in [0, 0.05) is 13.0 Å². The molecule has 0 bridgehead atoms. The van der Waals surface area contributed by atoms with Gasteiger partial charge in [0.05, 0.1) is 5.56 Å². The average molecular weight is 314 g/mol. The molecule has 0 fully saturated rings. The summed E-state index contributed by atoms with van der Waals surface area (Å²) in [6, 6.07) is 5.90. The third kappa shape index (κ3) is 3.66. The molecular weight excluding hydrogens is 300 g/mol. The molecule has 0 atom stereocenters. The van der Waals surface area contributed by atoms with Crippen molar-refractivity contribution in [1.82, 2.24) is 14.9 Å². The van der Waals surface area contributed by atoms with Gasteiger partial charge in [-0.15, -0.1) is 0 Å². The predicted molar refractivity (Wildman–Crippen MR) is 79.7 cm³/mol. The molecule has 0 unspecified atom stereocenters. The molecule has 0 saturated heterocycles. The summed E-state index contributed by atoms with van der Waals surface area (Å²) in [6.07, 6.45) is 0.663. The Kier molecular flexibility index (Phi) is 4.91. The van der Waals surface area contributed by atoms with E-state index in [2.05, 4.69) is 9.97 Å². The highest BCUT2D eigenvalue weighted by Crippen LogP contribution is 2.32. The van der Waals surface area contributed by atoms with Crippen LogP contribution in [-0.2, 0) is 6.42 Å². The molecule has 0 amide bonds. The molecule has 20 heavy (non-hydrogen) atoms. The van der Waals surface area contributed by atoms with Crippen molar-refractivity contribution in [3.8, 4) is 11.1 Å². The van der Waals surface area contributed by atoms with Crippen LogP contribution in [0.5, 0.6) is 0 Å². The Balaban J connectivity index is 2.33. The fourth-order valence-electron chi connectivity index (χ4n) is 1.74. The third-order valence-electron chi connectivity index (χ3n) is 2.78. The summed E-state index contributed by atoms with van der Waals surface area (Å²) in [5.74, 6) is 0.282. The molecule has 0 spiro atoms. The van der Waals surface area contributed by atoms with Gasteiger partial charge in [0.15, 0.2) is 0 Å². The maximum absolute atomic E-state index is 12.9. The molecule has 1 aromatic carbocycles. The lowest BCUT2D eigenvalue weighted by Crippen LogP contribution is -2.16. The summed E-state index contributed by atoms with van der Waals surface area (Å²) in [7, 11) is 3.94. The van der Waals surface area contributed by atoms with Crippen LogP contribution >= 0.6 is 23.2 Å². The van der Waals surface area contributed by atoms with Crippen molar-refractivity contribution in [2.24, 2.45) is 0 Å². The fourth-order valence-corrected chi connectivity index (χ4v) is 2.38. The highest BCUT2D eigenvalue weighted by molar-refractivity contribution is 6.37. The number of aromatic nitrogens is 2. The minimum absolute atomic E-state index is 0.283. The number of rotatable bonds is 4. The summed E-state index contributed by atoms with van der Waals surface area (Å²) in [6.45, 7) is 0.808. The molecule has 2 rings (SSSR count). The molecule has 1 heterocycles. The number of hydrogen-bond acceptors (Lipinski definition) is 3. The van der Waals surface area contributed by atoms with Crippen LogP contribution in [0.3, 0.4) is 0 Å².